The molecule has 0 unspecified atom stereocenters. The van der Waals surface area contributed by atoms with E-state index in [1.54, 1.807) is 39.0 Å². The summed E-state index contributed by atoms with van der Waals surface area (Å²) in [7, 11) is 0. The second-order valence-corrected chi connectivity index (χ2v) is 7.10. The van der Waals surface area contributed by atoms with E-state index in [0.717, 1.165) is 18.4 Å². The van der Waals surface area contributed by atoms with Gasteiger partial charge in [0.2, 0.25) is 11.8 Å². The average molecular weight is 347 g/mol. The van der Waals surface area contributed by atoms with Crippen LogP contribution in [0.25, 0.3) is 0 Å². The van der Waals surface area contributed by atoms with Gasteiger partial charge in [-0.1, -0.05) is 12.1 Å². The third kappa shape index (κ3) is 7.24. The molecule has 3 N–H and O–H groups in total. The standard InChI is InChI=1S/C18H25N3O4/c1-18(2,3)25-17(24)20-11-15(22)21-14-6-4-5-12(9-14)10-19-16(23)13-7-8-13/h4-6,9,13H,7-8,10-11H2,1-3H3,(H,19,23)(H,20,24)(H,21,22). The van der Waals surface area contributed by atoms with Crippen molar-refractivity contribution >= 4 is 23.6 Å². The maximum atomic E-state index is 11.9. The molecule has 25 heavy (non-hydrogen) atoms. The smallest absolute Gasteiger partial charge is 0.408 e. The van der Waals surface area contributed by atoms with Gasteiger partial charge >= 0.3 is 6.09 Å². The molecule has 0 bridgehead atoms. The van der Waals surface area contributed by atoms with Crippen LogP contribution in [0.2, 0.25) is 0 Å². The fraction of sp³-hybridized carbons (Fsp3) is 0.500. The highest BCUT2D eigenvalue weighted by Crippen LogP contribution is 2.28. The van der Waals surface area contributed by atoms with Crippen LogP contribution in [0.3, 0.4) is 0 Å². The summed E-state index contributed by atoms with van der Waals surface area (Å²) in [6.07, 6.45) is 1.29. The predicted octanol–water partition coefficient (Wildman–Crippen LogP) is 2.18. The zero-order valence-corrected chi connectivity index (χ0v) is 14.8. The van der Waals surface area contributed by atoms with Crippen LogP contribution in [0.5, 0.6) is 0 Å². The molecule has 7 nitrogen and oxygen atoms in total. The highest BCUT2D eigenvalue weighted by atomic mass is 16.6. The van der Waals surface area contributed by atoms with Gasteiger partial charge in [0.05, 0.1) is 0 Å². The van der Waals surface area contributed by atoms with Crippen molar-refractivity contribution in [2.45, 2.75) is 45.8 Å². The van der Waals surface area contributed by atoms with Crippen molar-refractivity contribution in [1.82, 2.24) is 10.6 Å². The molecule has 1 aromatic rings. The van der Waals surface area contributed by atoms with E-state index in [1.165, 1.54) is 0 Å². The summed E-state index contributed by atoms with van der Waals surface area (Å²) < 4.78 is 5.07. The average Bonchev–Trinajstić information content (AvgIpc) is 3.34. The number of anilines is 1. The maximum Gasteiger partial charge on any atom is 0.408 e. The lowest BCUT2D eigenvalue weighted by atomic mass is 10.2. The van der Waals surface area contributed by atoms with E-state index in [1.807, 2.05) is 6.07 Å². The predicted molar refractivity (Wildman–Crippen MR) is 93.9 cm³/mol. The summed E-state index contributed by atoms with van der Waals surface area (Å²) in [4.78, 5) is 35.1. The minimum absolute atomic E-state index is 0.0796. The van der Waals surface area contributed by atoms with Crippen LogP contribution < -0.4 is 16.0 Å². The Balaban J connectivity index is 1.77. The first-order valence-electron chi connectivity index (χ1n) is 8.36. The Morgan fingerprint density at radius 3 is 2.52 bits per heavy atom. The van der Waals surface area contributed by atoms with E-state index < -0.39 is 11.7 Å². The van der Waals surface area contributed by atoms with Gasteiger partial charge in [-0.3, -0.25) is 9.59 Å². The second-order valence-electron chi connectivity index (χ2n) is 7.10. The molecular weight excluding hydrogens is 322 g/mol. The summed E-state index contributed by atoms with van der Waals surface area (Å²) in [6.45, 7) is 5.49. The van der Waals surface area contributed by atoms with Gasteiger partial charge in [-0.05, 0) is 51.3 Å². The van der Waals surface area contributed by atoms with Crippen LogP contribution in [0.4, 0.5) is 10.5 Å². The van der Waals surface area contributed by atoms with Gasteiger partial charge in [-0.15, -0.1) is 0 Å². The minimum Gasteiger partial charge on any atom is -0.444 e. The number of carbonyl (C=O) groups excluding carboxylic acids is 3. The van der Waals surface area contributed by atoms with Gasteiger partial charge in [0.15, 0.2) is 0 Å². The first kappa shape index (κ1) is 18.8. The number of rotatable bonds is 6. The van der Waals surface area contributed by atoms with Gasteiger partial charge < -0.3 is 20.7 Å². The molecule has 1 aliphatic rings. The normalized spacial score (nSPS) is 13.7. The summed E-state index contributed by atoms with van der Waals surface area (Å²) in [5, 5.41) is 7.98. The number of ether oxygens (including phenoxy) is 1. The fourth-order valence-corrected chi connectivity index (χ4v) is 2.11. The molecule has 0 aliphatic heterocycles. The molecule has 0 heterocycles. The third-order valence-electron chi connectivity index (χ3n) is 3.42. The minimum atomic E-state index is -0.640. The number of amides is 3. The van der Waals surface area contributed by atoms with E-state index >= 15 is 0 Å². The van der Waals surface area contributed by atoms with Gasteiger partial charge in [-0.25, -0.2) is 4.79 Å². The highest BCUT2D eigenvalue weighted by Gasteiger charge is 2.29. The van der Waals surface area contributed by atoms with E-state index in [9.17, 15) is 14.4 Å². The Bertz CT molecular complexity index is 648. The van der Waals surface area contributed by atoms with Crippen molar-refractivity contribution in [1.29, 1.82) is 0 Å². The monoisotopic (exact) mass is 347 g/mol. The Morgan fingerprint density at radius 2 is 1.88 bits per heavy atom. The zero-order chi connectivity index (χ0) is 18.4. The molecule has 0 aromatic heterocycles. The topological polar surface area (TPSA) is 96.5 Å². The van der Waals surface area contributed by atoms with Crippen molar-refractivity contribution in [3.05, 3.63) is 29.8 Å². The lowest BCUT2D eigenvalue weighted by molar-refractivity contribution is -0.122. The largest absolute Gasteiger partial charge is 0.444 e. The quantitative estimate of drug-likeness (QED) is 0.735. The summed E-state index contributed by atoms with van der Waals surface area (Å²) in [5.41, 5.74) is 0.890. The van der Waals surface area contributed by atoms with Crippen LogP contribution in [-0.4, -0.2) is 30.1 Å². The van der Waals surface area contributed by atoms with E-state index in [4.69, 9.17) is 4.74 Å². The summed E-state index contributed by atoms with van der Waals surface area (Å²) >= 11 is 0. The van der Waals surface area contributed by atoms with Crippen LogP contribution in [-0.2, 0) is 20.9 Å². The van der Waals surface area contributed by atoms with E-state index in [2.05, 4.69) is 16.0 Å². The van der Waals surface area contributed by atoms with E-state index in [-0.39, 0.29) is 24.3 Å². The van der Waals surface area contributed by atoms with Gasteiger partial charge in [0.25, 0.3) is 0 Å². The number of hydrogen-bond acceptors (Lipinski definition) is 4. The Hall–Kier alpha value is -2.57. The first-order valence-corrected chi connectivity index (χ1v) is 8.36. The molecule has 3 amide bonds. The maximum absolute atomic E-state index is 11.9. The molecular formula is C18H25N3O4. The van der Waals surface area contributed by atoms with Crippen molar-refractivity contribution < 1.29 is 19.1 Å². The molecule has 0 atom stereocenters. The van der Waals surface area contributed by atoms with Crippen molar-refractivity contribution in [3.63, 3.8) is 0 Å². The Kier molecular flexibility index (Phi) is 6.01. The summed E-state index contributed by atoms with van der Waals surface area (Å²) in [5.74, 6) is -0.108. The molecule has 0 saturated heterocycles. The Labute approximate surface area is 147 Å². The van der Waals surface area contributed by atoms with Gasteiger partial charge in [-0.2, -0.15) is 0 Å². The fourth-order valence-electron chi connectivity index (χ4n) is 2.11. The first-order chi connectivity index (χ1) is 11.7. The van der Waals surface area contributed by atoms with Crippen LogP contribution in [0.15, 0.2) is 24.3 Å². The molecule has 1 saturated carbocycles. The summed E-state index contributed by atoms with van der Waals surface area (Å²) in [6, 6.07) is 7.22. The molecule has 0 radical (unpaired) electrons. The molecule has 0 spiro atoms. The second kappa shape index (κ2) is 8.00. The van der Waals surface area contributed by atoms with Crippen LogP contribution >= 0.6 is 0 Å². The van der Waals surface area contributed by atoms with Crippen LogP contribution in [0.1, 0.15) is 39.2 Å². The Morgan fingerprint density at radius 1 is 1.16 bits per heavy atom. The number of carbonyl (C=O) groups is 3. The lowest BCUT2D eigenvalue weighted by Crippen LogP contribution is -2.37. The number of alkyl carbamates (subject to hydrolysis) is 1. The molecule has 2 rings (SSSR count). The molecule has 136 valence electrons. The number of hydrogen-bond donors (Lipinski definition) is 3. The van der Waals surface area contributed by atoms with Crippen molar-refractivity contribution in [2.75, 3.05) is 11.9 Å². The zero-order valence-electron chi connectivity index (χ0n) is 14.8. The third-order valence-corrected chi connectivity index (χ3v) is 3.42. The molecule has 1 aliphatic carbocycles. The number of benzene rings is 1. The van der Waals surface area contributed by atoms with Crippen LogP contribution in [0, 0.1) is 5.92 Å². The molecule has 1 fully saturated rings. The highest BCUT2D eigenvalue weighted by molar-refractivity contribution is 5.93. The SMILES string of the molecule is CC(C)(C)OC(=O)NCC(=O)Nc1cccc(CNC(=O)C2CC2)c1. The van der Waals surface area contributed by atoms with Crippen molar-refractivity contribution in [3.8, 4) is 0 Å². The van der Waals surface area contributed by atoms with Gasteiger partial charge in [0, 0.05) is 18.2 Å². The molecule has 7 heteroatoms. The lowest BCUT2D eigenvalue weighted by Gasteiger charge is -2.19. The number of nitrogens with one attached hydrogen (secondary N) is 3. The van der Waals surface area contributed by atoms with Crippen molar-refractivity contribution in [2.24, 2.45) is 5.92 Å². The van der Waals surface area contributed by atoms with Gasteiger partial charge in [0.1, 0.15) is 12.1 Å². The molecule has 1 aromatic carbocycles. The van der Waals surface area contributed by atoms with E-state index in [0.29, 0.717) is 12.2 Å².